The van der Waals surface area contributed by atoms with E-state index in [0.717, 1.165) is 25.6 Å². The van der Waals surface area contributed by atoms with Crippen molar-refractivity contribution in [3.63, 3.8) is 0 Å². The van der Waals surface area contributed by atoms with Gasteiger partial charge in [0.25, 0.3) is 0 Å². The van der Waals surface area contributed by atoms with Crippen molar-refractivity contribution in [2.75, 3.05) is 33.7 Å². The Morgan fingerprint density at radius 3 is 2.30 bits per heavy atom. The quantitative estimate of drug-likeness (QED) is 0.574. The van der Waals surface area contributed by atoms with Crippen molar-refractivity contribution in [2.45, 2.75) is 13.8 Å². The Hall–Kier alpha value is -0.0800. The molecule has 2 nitrogen and oxygen atoms in total. The molecule has 0 aromatic rings. The van der Waals surface area contributed by atoms with Gasteiger partial charge >= 0.3 is 0 Å². The second-order valence-electron chi connectivity index (χ2n) is 3.40. The highest BCUT2D eigenvalue weighted by Gasteiger charge is 1.92. The topological polar surface area (TPSA) is 15.3 Å². The van der Waals surface area contributed by atoms with Crippen LogP contribution in [-0.2, 0) is 0 Å². The molecule has 0 bridgehead atoms. The fourth-order valence-electron chi connectivity index (χ4n) is 0.693. The van der Waals surface area contributed by atoms with Gasteiger partial charge in [-0.25, -0.2) is 0 Å². The molecular formula is C8H20N2. The Balaban J connectivity index is 2.91. The minimum absolute atomic E-state index is 0.766. The summed E-state index contributed by atoms with van der Waals surface area (Å²) < 4.78 is 0. The first-order valence-corrected chi connectivity index (χ1v) is 3.98. The first-order valence-electron chi connectivity index (χ1n) is 3.98. The summed E-state index contributed by atoms with van der Waals surface area (Å²) in [6.07, 6.45) is 0. The minimum Gasteiger partial charge on any atom is -0.315 e. The molecule has 0 aromatic heterocycles. The Bertz CT molecular complexity index is 59.7. The maximum absolute atomic E-state index is 3.37. The third kappa shape index (κ3) is 7.92. The molecule has 0 spiro atoms. The summed E-state index contributed by atoms with van der Waals surface area (Å²) in [7, 11) is 4.19. The number of hydrogen-bond acceptors (Lipinski definition) is 2. The summed E-state index contributed by atoms with van der Waals surface area (Å²) in [4.78, 5) is 2.19. The molecule has 0 unspecified atom stereocenters. The molecular weight excluding hydrogens is 124 g/mol. The van der Waals surface area contributed by atoms with Crippen LogP contribution >= 0.6 is 0 Å². The lowest BCUT2D eigenvalue weighted by Crippen LogP contribution is -2.28. The third-order valence-electron chi connectivity index (χ3n) is 1.29. The number of nitrogens with zero attached hydrogens (tertiary/aromatic N) is 1. The zero-order valence-electron chi connectivity index (χ0n) is 7.65. The monoisotopic (exact) mass is 144 g/mol. The summed E-state index contributed by atoms with van der Waals surface area (Å²) in [6.45, 7) is 7.82. The van der Waals surface area contributed by atoms with Crippen LogP contribution < -0.4 is 5.32 Å². The predicted octanol–water partition coefficient (Wildman–Crippen LogP) is 0.794. The highest BCUT2D eigenvalue weighted by atomic mass is 15.1. The number of nitrogens with one attached hydrogen (secondary N) is 1. The largest absolute Gasteiger partial charge is 0.315 e. The van der Waals surface area contributed by atoms with Crippen molar-refractivity contribution in [3.05, 3.63) is 0 Å². The van der Waals surface area contributed by atoms with E-state index in [1.165, 1.54) is 0 Å². The first-order chi connectivity index (χ1) is 4.63. The van der Waals surface area contributed by atoms with Gasteiger partial charge in [0.2, 0.25) is 0 Å². The molecule has 62 valence electrons. The van der Waals surface area contributed by atoms with Crippen LogP contribution in [-0.4, -0.2) is 38.6 Å². The zero-order chi connectivity index (χ0) is 7.98. The fourth-order valence-corrected chi connectivity index (χ4v) is 0.693. The van der Waals surface area contributed by atoms with Gasteiger partial charge in [0.15, 0.2) is 0 Å². The molecule has 0 fully saturated rings. The van der Waals surface area contributed by atoms with Crippen LogP contribution in [0, 0.1) is 5.92 Å². The second kappa shape index (κ2) is 5.69. The maximum Gasteiger partial charge on any atom is 0.0101 e. The molecule has 0 saturated carbocycles. The van der Waals surface area contributed by atoms with E-state index in [1.807, 2.05) is 0 Å². The second-order valence-corrected chi connectivity index (χ2v) is 3.40. The van der Waals surface area contributed by atoms with Crippen LogP contribution in [0.1, 0.15) is 13.8 Å². The van der Waals surface area contributed by atoms with Crippen LogP contribution in [0.5, 0.6) is 0 Å². The number of hydrogen-bond donors (Lipinski definition) is 1. The van der Waals surface area contributed by atoms with Crippen LogP contribution in [0.4, 0.5) is 0 Å². The van der Waals surface area contributed by atoms with Crippen molar-refractivity contribution in [1.82, 2.24) is 10.2 Å². The first kappa shape index (κ1) is 9.92. The summed E-state index contributed by atoms with van der Waals surface area (Å²) in [6, 6.07) is 0. The lowest BCUT2D eigenvalue weighted by atomic mass is 10.2. The molecule has 0 rings (SSSR count). The number of likely N-dealkylation sites (N-methyl/N-ethyl adjacent to an activating group) is 1. The van der Waals surface area contributed by atoms with Gasteiger partial charge in [-0.2, -0.15) is 0 Å². The van der Waals surface area contributed by atoms with E-state index in [9.17, 15) is 0 Å². The smallest absolute Gasteiger partial charge is 0.0101 e. The van der Waals surface area contributed by atoms with E-state index < -0.39 is 0 Å². The summed E-state index contributed by atoms with van der Waals surface area (Å²) in [5, 5.41) is 3.37. The highest BCUT2D eigenvalue weighted by molar-refractivity contribution is 4.52. The maximum atomic E-state index is 3.37. The van der Waals surface area contributed by atoms with E-state index in [4.69, 9.17) is 0 Å². The summed E-state index contributed by atoms with van der Waals surface area (Å²) in [5.74, 6) is 0.766. The van der Waals surface area contributed by atoms with Gasteiger partial charge in [-0.15, -0.1) is 0 Å². The van der Waals surface area contributed by atoms with Gasteiger partial charge in [0.1, 0.15) is 0 Å². The molecule has 0 aliphatic carbocycles. The molecule has 0 aliphatic rings. The van der Waals surface area contributed by atoms with E-state index in [1.54, 1.807) is 0 Å². The van der Waals surface area contributed by atoms with Gasteiger partial charge in [-0.3, -0.25) is 0 Å². The van der Waals surface area contributed by atoms with E-state index in [-0.39, 0.29) is 0 Å². The average Bonchev–Trinajstić information content (AvgIpc) is 1.79. The average molecular weight is 144 g/mol. The van der Waals surface area contributed by atoms with Crippen LogP contribution in [0.2, 0.25) is 0 Å². The lowest BCUT2D eigenvalue weighted by molar-refractivity contribution is 0.393. The highest BCUT2D eigenvalue weighted by Crippen LogP contribution is 1.85. The molecule has 0 heterocycles. The van der Waals surface area contributed by atoms with E-state index in [2.05, 4.69) is 38.2 Å². The van der Waals surface area contributed by atoms with Gasteiger partial charge in [-0.05, 0) is 26.6 Å². The Kier molecular flexibility index (Phi) is 5.64. The third-order valence-corrected chi connectivity index (χ3v) is 1.29. The van der Waals surface area contributed by atoms with Gasteiger partial charge < -0.3 is 10.2 Å². The Morgan fingerprint density at radius 2 is 1.90 bits per heavy atom. The van der Waals surface area contributed by atoms with Crippen molar-refractivity contribution >= 4 is 0 Å². The predicted molar refractivity (Wildman–Crippen MR) is 46.3 cm³/mol. The standard InChI is InChI=1S/C8H20N2/c1-8(2)7-9-5-6-10(3)4/h8-9H,5-7H2,1-4H3. The normalized spacial score (nSPS) is 11.4. The Morgan fingerprint density at radius 1 is 1.30 bits per heavy atom. The van der Waals surface area contributed by atoms with E-state index >= 15 is 0 Å². The molecule has 0 radical (unpaired) electrons. The van der Waals surface area contributed by atoms with Gasteiger partial charge in [-0.1, -0.05) is 13.8 Å². The van der Waals surface area contributed by atoms with Crippen molar-refractivity contribution in [1.29, 1.82) is 0 Å². The van der Waals surface area contributed by atoms with Gasteiger partial charge in [0, 0.05) is 13.1 Å². The van der Waals surface area contributed by atoms with E-state index in [0.29, 0.717) is 0 Å². The zero-order valence-corrected chi connectivity index (χ0v) is 7.65. The minimum atomic E-state index is 0.766. The molecule has 2 heteroatoms. The summed E-state index contributed by atoms with van der Waals surface area (Å²) in [5.41, 5.74) is 0. The molecule has 0 aromatic carbocycles. The molecule has 0 amide bonds. The summed E-state index contributed by atoms with van der Waals surface area (Å²) >= 11 is 0. The van der Waals surface area contributed by atoms with Gasteiger partial charge in [0.05, 0.1) is 0 Å². The van der Waals surface area contributed by atoms with Crippen LogP contribution in [0.25, 0.3) is 0 Å². The van der Waals surface area contributed by atoms with Crippen LogP contribution in [0.15, 0.2) is 0 Å². The molecule has 0 aliphatic heterocycles. The molecule has 10 heavy (non-hydrogen) atoms. The van der Waals surface area contributed by atoms with Crippen LogP contribution in [0.3, 0.4) is 0 Å². The Labute approximate surface area is 64.6 Å². The van der Waals surface area contributed by atoms with Crippen molar-refractivity contribution in [3.8, 4) is 0 Å². The van der Waals surface area contributed by atoms with Crippen molar-refractivity contribution < 1.29 is 0 Å². The number of rotatable bonds is 5. The fraction of sp³-hybridized carbons (Fsp3) is 1.00. The molecule has 0 saturated heterocycles. The van der Waals surface area contributed by atoms with Crippen molar-refractivity contribution in [2.24, 2.45) is 5.92 Å². The SMILES string of the molecule is CC(C)CNCCN(C)C. The molecule has 0 atom stereocenters. The lowest BCUT2D eigenvalue weighted by Gasteiger charge is -2.11. The molecule has 1 N–H and O–H groups in total.